The molecule has 4 nitrogen and oxygen atoms in total. The Balaban J connectivity index is 1.97. The van der Waals surface area contributed by atoms with Gasteiger partial charge in [-0.3, -0.25) is 9.59 Å². The number of esters is 1. The number of rotatable bonds is 9. The van der Waals surface area contributed by atoms with Crippen molar-refractivity contribution in [3.63, 3.8) is 0 Å². The summed E-state index contributed by atoms with van der Waals surface area (Å²) in [5, 5.41) is 0. The van der Waals surface area contributed by atoms with E-state index < -0.39 is 0 Å². The van der Waals surface area contributed by atoms with Gasteiger partial charge in [-0.15, -0.1) is 0 Å². The second-order valence-corrected chi connectivity index (χ2v) is 6.41. The van der Waals surface area contributed by atoms with Crippen LogP contribution in [0.1, 0.15) is 71.6 Å². The van der Waals surface area contributed by atoms with Crippen molar-refractivity contribution >= 4 is 11.9 Å². The molecule has 0 saturated carbocycles. The van der Waals surface area contributed by atoms with Gasteiger partial charge in [0, 0.05) is 25.9 Å². The van der Waals surface area contributed by atoms with Crippen LogP contribution in [0.25, 0.3) is 0 Å². The zero-order chi connectivity index (χ0) is 15.5. The van der Waals surface area contributed by atoms with Crippen LogP contribution in [0.3, 0.4) is 0 Å². The number of amides is 1. The van der Waals surface area contributed by atoms with E-state index in [-0.39, 0.29) is 11.9 Å². The van der Waals surface area contributed by atoms with Gasteiger partial charge in [0.15, 0.2) is 0 Å². The minimum Gasteiger partial charge on any atom is -0.466 e. The van der Waals surface area contributed by atoms with E-state index in [1.807, 2.05) is 4.90 Å². The van der Waals surface area contributed by atoms with Crippen molar-refractivity contribution < 1.29 is 14.3 Å². The van der Waals surface area contributed by atoms with Crippen LogP contribution in [0.4, 0.5) is 0 Å². The number of nitrogens with zero attached hydrogens (tertiary/aromatic N) is 1. The molecule has 0 unspecified atom stereocenters. The van der Waals surface area contributed by atoms with Crippen molar-refractivity contribution in [1.29, 1.82) is 0 Å². The number of hydrogen-bond acceptors (Lipinski definition) is 3. The van der Waals surface area contributed by atoms with Crippen molar-refractivity contribution in [2.45, 2.75) is 71.6 Å². The van der Waals surface area contributed by atoms with Crippen LogP contribution in [0.5, 0.6) is 0 Å². The largest absolute Gasteiger partial charge is 0.466 e. The highest BCUT2D eigenvalue weighted by molar-refractivity contribution is 5.76. The Hall–Kier alpha value is -1.06. The van der Waals surface area contributed by atoms with E-state index in [0.717, 1.165) is 51.6 Å². The van der Waals surface area contributed by atoms with Crippen LogP contribution < -0.4 is 0 Å². The van der Waals surface area contributed by atoms with E-state index in [1.54, 1.807) is 0 Å². The van der Waals surface area contributed by atoms with Crippen LogP contribution in [-0.4, -0.2) is 36.5 Å². The predicted molar refractivity (Wildman–Crippen MR) is 83.9 cm³/mol. The van der Waals surface area contributed by atoms with E-state index in [1.165, 1.54) is 6.42 Å². The van der Waals surface area contributed by atoms with Crippen LogP contribution >= 0.6 is 0 Å². The van der Waals surface area contributed by atoms with Gasteiger partial charge >= 0.3 is 5.97 Å². The first-order chi connectivity index (χ1) is 10.1. The van der Waals surface area contributed by atoms with E-state index >= 15 is 0 Å². The normalized spacial score (nSPS) is 15.3. The Morgan fingerprint density at radius 1 is 1.00 bits per heavy atom. The highest BCUT2D eigenvalue weighted by Gasteiger charge is 2.15. The fraction of sp³-hybridized carbons (Fsp3) is 0.882. The van der Waals surface area contributed by atoms with E-state index in [2.05, 4.69) is 13.8 Å². The summed E-state index contributed by atoms with van der Waals surface area (Å²) in [5.74, 6) is 0.786. The first-order valence-electron chi connectivity index (χ1n) is 8.53. The Kier molecular flexibility index (Phi) is 9.11. The lowest BCUT2D eigenvalue weighted by Crippen LogP contribution is -2.35. The molecule has 0 aromatic carbocycles. The molecule has 0 spiro atoms. The lowest BCUT2D eigenvalue weighted by Gasteiger charge is -2.26. The van der Waals surface area contributed by atoms with Gasteiger partial charge in [-0.1, -0.05) is 13.8 Å². The van der Waals surface area contributed by atoms with E-state index in [0.29, 0.717) is 25.4 Å². The summed E-state index contributed by atoms with van der Waals surface area (Å²) in [6, 6.07) is 0. The first-order valence-corrected chi connectivity index (χ1v) is 8.53. The van der Waals surface area contributed by atoms with Gasteiger partial charge in [-0.2, -0.15) is 0 Å². The summed E-state index contributed by atoms with van der Waals surface area (Å²) >= 11 is 0. The quantitative estimate of drug-likeness (QED) is 0.483. The van der Waals surface area contributed by atoms with Gasteiger partial charge in [0.1, 0.15) is 0 Å². The molecular formula is C17H31NO3. The molecule has 0 aromatic heterocycles. The minimum atomic E-state index is -0.121. The van der Waals surface area contributed by atoms with Crippen LogP contribution in [0.15, 0.2) is 0 Å². The minimum absolute atomic E-state index is 0.121. The second kappa shape index (κ2) is 10.6. The number of hydrogen-bond donors (Lipinski definition) is 0. The standard InChI is InChI=1S/C17H31NO3/c1-15(2)9-8-14-21-17(20)11-5-4-10-16(19)18-12-6-3-7-13-18/h15H,3-14H2,1-2H3. The molecule has 0 aliphatic carbocycles. The third kappa shape index (κ3) is 8.74. The van der Waals surface area contributed by atoms with Crippen molar-refractivity contribution in [2.24, 2.45) is 5.92 Å². The molecule has 1 aliphatic heterocycles. The number of piperidine rings is 1. The molecule has 1 rings (SSSR count). The summed E-state index contributed by atoms with van der Waals surface area (Å²) < 4.78 is 5.18. The fourth-order valence-electron chi connectivity index (χ4n) is 2.60. The molecule has 21 heavy (non-hydrogen) atoms. The van der Waals surface area contributed by atoms with Gasteiger partial charge < -0.3 is 9.64 Å². The van der Waals surface area contributed by atoms with Gasteiger partial charge in [-0.05, 0) is 50.9 Å². The fourth-order valence-corrected chi connectivity index (χ4v) is 2.60. The average molecular weight is 297 g/mol. The third-order valence-corrected chi connectivity index (χ3v) is 3.92. The highest BCUT2D eigenvalue weighted by atomic mass is 16.5. The van der Waals surface area contributed by atoms with Crippen molar-refractivity contribution in [2.75, 3.05) is 19.7 Å². The molecule has 1 aliphatic rings. The molecule has 0 N–H and O–H groups in total. The lowest BCUT2D eigenvalue weighted by atomic mass is 10.1. The number of ether oxygens (including phenoxy) is 1. The monoisotopic (exact) mass is 297 g/mol. The first kappa shape index (κ1) is 18.0. The van der Waals surface area contributed by atoms with Gasteiger partial charge in [0.05, 0.1) is 6.61 Å². The molecule has 4 heteroatoms. The van der Waals surface area contributed by atoms with Crippen LogP contribution in [-0.2, 0) is 14.3 Å². The van der Waals surface area contributed by atoms with Crippen LogP contribution in [0, 0.1) is 5.92 Å². The summed E-state index contributed by atoms with van der Waals surface area (Å²) in [4.78, 5) is 25.4. The number of carbonyl (C=O) groups is 2. The molecule has 0 bridgehead atoms. The van der Waals surface area contributed by atoms with Gasteiger partial charge in [0.25, 0.3) is 0 Å². The van der Waals surface area contributed by atoms with Gasteiger partial charge in [0.2, 0.25) is 5.91 Å². The van der Waals surface area contributed by atoms with Crippen molar-refractivity contribution in [3.8, 4) is 0 Å². The maximum Gasteiger partial charge on any atom is 0.305 e. The zero-order valence-electron chi connectivity index (χ0n) is 13.7. The van der Waals surface area contributed by atoms with E-state index in [9.17, 15) is 9.59 Å². The second-order valence-electron chi connectivity index (χ2n) is 6.41. The molecule has 1 fully saturated rings. The highest BCUT2D eigenvalue weighted by Crippen LogP contribution is 2.12. The zero-order valence-corrected chi connectivity index (χ0v) is 13.7. The smallest absolute Gasteiger partial charge is 0.305 e. The molecule has 1 amide bonds. The van der Waals surface area contributed by atoms with Crippen molar-refractivity contribution in [1.82, 2.24) is 4.90 Å². The summed E-state index contributed by atoms with van der Waals surface area (Å²) in [7, 11) is 0. The Morgan fingerprint density at radius 3 is 2.33 bits per heavy atom. The summed E-state index contributed by atoms with van der Waals surface area (Å²) in [6.45, 7) is 6.69. The van der Waals surface area contributed by atoms with Gasteiger partial charge in [-0.25, -0.2) is 0 Å². The molecule has 0 radical (unpaired) electrons. The summed E-state index contributed by atoms with van der Waals surface area (Å²) in [5.41, 5.74) is 0. The average Bonchev–Trinajstić information content (AvgIpc) is 2.48. The molecule has 0 aromatic rings. The molecule has 0 atom stereocenters. The topological polar surface area (TPSA) is 46.6 Å². The molecule has 1 saturated heterocycles. The maximum atomic E-state index is 11.9. The lowest BCUT2D eigenvalue weighted by molar-refractivity contribution is -0.144. The van der Waals surface area contributed by atoms with Crippen molar-refractivity contribution in [3.05, 3.63) is 0 Å². The Labute approximate surface area is 129 Å². The van der Waals surface area contributed by atoms with Crippen LogP contribution in [0.2, 0.25) is 0 Å². The molecule has 1 heterocycles. The third-order valence-electron chi connectivity index (χ3n) is 3.92. The Morgan fingerprint density at radius 2 is 1.67 bits per heavy atom. The van der Waals surface area contributed by atoms with E-state index in [4.69, 9.17) is 4.74 Å². The maximum absolute atomic E-state index is 11.9. The SMILES string of the molecule is CC(C)CCCOC(=O)CCCCC(=O)N1CCCCC1. The molecule has 122 valence electrons. The molecular weight excluding hydrogens is 266 g/mol. The predicted octanol–water partition coefficient (Wildman–Crippen LogP) is 3.54. The number of likely N-dealkylation sites (tertiary alicyclic amines) is 1. The number of carbonyl (C=O) groups excluding carboxylic acids is 2. The summed E-state index contributed by atoms with van der Waals surface area (Å²) in [6.07, 6.45) is 8.10. The Bertz CT molecular complexity index is 309. The number of unbranched alkanes of at least 4 members (excludes halogenated alkanes) is 1.